The highest BCUT2D eigenvalue weighted by Gasteiger charge is 2.18. The van der Waals surface area contributed by atoms with Gasteiger partial charge in [-0.05, 0) is 39.3 Å². The second kappa shape index (κ2) is 6.93. The third-order valence-corrected chi connectivity index (χ3v) is 4.23. The van der Waals surface area contributed by atoms with Crippen LogP contribution in [0.25, 0.3) is 0 Å². The highest BCUT2D eigenvalue weighted by molar-refractivity contribution is 6.03. The standard InChI is InChI=1S/C19H23N5O/c1-5-23-17(11-13(2)21-23)19(25)20-18-14(3)22-24(15(18)4)12-16-9-7-6-8-10-16/h6-11H,5,12H2,1-4H3,(H,20,25). The lowest BCUT2D eigenvalue weighted by atomic mass is 10.2. The summed E-state index contributed by atoms with van der Waals surface area (Å²) in [6.07, 6.45) is 0. The lowest BCUT2D eigenvalue weighted by Crippen LogP contribution is -2.18. The fraction of sp³-hybridized carbons (Fsp3) is 0.316. The van der Waals surface area contributed by atoms with E-state index in [4.69, 9.17) is 0 Å². The van der Waals surface area contributed by atoms with Crippen LogP contribution in [0.4, 0.5) is 5.69 Å². The highest BCUT2D eigenvalue weighted by atomic mass is 16.2. The Labute approximate surface area is 147 Å². The topological polar surface area (TPSA) is 64.7 Å². The molecule has 3 rings (SSSR count). The van der Waals surface area contributed by atoms with E-state index in [9.17, 15) is 4.79 Å². The molecule has 0 fully saturated rings. The van der Waals surface area contributed by atoms with Gasteiger partial charge >= 0.3 is 0 Å². The molecule has 0 saturated heterocycles. The van der Waals surface area contributed by atoms with Crippen LogP contribution in [0.1, 0.15) is 40.1 Å². The first-order valence-electron chi connectivity index (χ1n) is 8.43. The van der Waals surface area contributed by atoms with Gasteiger partial charge in [-0.25, -0.2) is 0 Å². The van der Waals surface area contributed by atoms with Crippen LogP contribution in [0.5, 0.6) is 0 Å². The van der Waals surface area contributed by atoms with Gasteiger partial charge in [0, 0.05) is 6.54 Å². The maximum absolute atomic E-state index is 12.7. The van der Waals surface area contributed by atoms with E-state index in [2.05, 4.69) is 27.6 Å². The first-order valence-corrected chi connectivity index (χ1v) is 8.43. The van der Waals surface area contributed by atoms with Crippen molar-refractivity contribution in [2.75, 3.05) is 5.32 Å². The lowest BCUT2D eigenvalue weighted by Gasteiger charge is -2.08. The van der Waals surface area contributed by atoms with Gasteiger partial charge in [0.15, 0.2) is 0 Å². The molecule has 1 amide bonds. The Bertz CT molecular complexity index is 892. The highest BCUT2D eigenvalue weighted by Crippen LogP contribution is 2.21. The number of amides is 1. The van der Waals surface area contributed by atoms with Crippen molar-refractivity contribution >= 4 is 11.6 Å². The molecule has 0 bridgehead atoms. The molecule has 0 radical (unpaired) electrons. The number of carbonyl (C=O) groups is 1. The molecule has 130 valence electrons. The normalized spacial score (nSPS) is 10.9. The Morgan fingerprint density at radius 3 is 2.48 bits per heavy atom. The largest absolute Gasteiger partial charge is 0.317 e. The zero-order valence-corrected chi connectivity index (χ0v) is 15.1. The van der Waals surface area contributed by atoms with E-state index in [1.54, 1.807) is 10.7 Å². The van der Waals surface area contributed by atoms with Crippen molar-refractivity contribution in [2.24, 2.45) is 0 Å². The number of benzene rings is 1. The van der Waals surface area contributed by atoms with E-state index in [1.807, 2.05) is 50.6 Å². The smallest absolute Gasteiger partial charge is 0.274 e. The fourth-order valence-corrected chi connectivity index (χ4v) is 2.94. The average Bonchev–Trinajstić information content (AvgIpc) is 3.10. The van der Waals surface area contributed by atoms with Gasteiger partial charge in [-0.3, -0.25) is 14.2 Å². The first-order chi connectivity index (χ1) is 12.0. The summed E-state index contributed by atoms with van der Waals surface area (Å²) in [6.45, 7) is 9.07. The Morgan fingerprint density at radius 2 is 1.80 bits per heavy atom. The van der Waals surface area contributed by atoms with Crippen molar-refractivity contribution in [1.29, 1.82) is 0 Å². The van der Waals surface area contributed by atoms with Crippen molar-refractivity contribution < 1.29 is 4.79 Å². The number of hydrogen-bond acceptors (Lipinski definition) is 3. The molecule has 6 nitrogen and oxygen atoms in total. The number of aromatic nitrogens is 4. The lowest BCUT2D eigenvalue weighted by molar-refractivity contribution is 0.101. The van der Waals surface area contributed by atoms with E-state index in [1.165, 1.54) is 5.56 Å². The monoisotopic (exact) mass is 337 g/mol. The van der Waals surface area contributed by atoms with Crippen molar-refractivity contribution in [3.63, 3.8) is 0 Å². The molecule has 2 heterocycles. The van der Waals surface area contributed by atoms with Gasteiger partial charge < -0.3 is 5.32 Å². The van der Waals surface area contributed by atoms with Crippen LogP contribution >= 0.6 is 0 Å². The molecule has 3 aromatic rings. The van der Waals surface area contributed by atoms with Gasteiger partial charge in [-0.1, -0.05) is 30.3 Å². The number of carbonyl (C=O) groups excluding carboxylic acids is 1. The predicted octanol–water partition coefficient (Wildman–Crippen LogP) is 3.33. The second-order valence-electron chi connectivity index (χ2n) is 6.13. The van der Waals surface area contributed by atoms with E-state index in [0.29, 0.717) is 18.8 Å². The van der Waals surface area contributed by atoms with Gasteiger partial charge in [0.05, 0.1) is 29.3 Å². The summed E-state index contributed by atoms with van der Waals surface area (Å²) < 4.78 is 3.63. The van der Waals surface area contributed by atoms with Crippen LogP contribution in [0.3, 0.4) is 0 Å². The number of anilines is 1. The summed E-state index contributed by atoms with van der Waals surface area (Å²) in [5, 5.41) is 11.9. The van der Waals surface area contributed by atoms with E-state index >= 15 is 0 Å². The molecular weight excluding hydrogens is 314 g/mol. The Hall–Kier alpha value is -2.89. The van der Waals surface area contributed by atoms with Crippen LogP contribution < -0.4 is 5.32 Å². The first kappa shape index (κ1) is 17.0. The molecule has 1 aromatic carbocycles. The number of nitrogens with one attached hydrogen (secondary N) is 1. The molecular formula is C19H23N5O. The SMILES string of the molecule is CCn1nc(C)cc1C(=O)Nc1c(C)nn(Cc2ccccc2)c1C. The summed E-state index contributed by atoms with van der Waals surface area (Å²) in [4.78, 5) is 12.7. The summed E-state index contributed by atoms with van der Waals surface area (Å²) >= 11 is 0. The van der Waals surface area contributed by atoms with Crippen molar-refractivity contribution in [3.05, 3.63) is 64.7 Å². The minimum Gasteiger partial charge on any atom is -0.317 e. The Kier molecular flexibility index (Phi) is 4.70. The molecule has 0 aliphatic rings. The molecule has 25 heavy (non-hydrogen) atoms. The molecule has 0 atom stereocenters. The molecule has 0 saturated carbocycles. The molecule has 1 N–H and O–H groups in total. The van der Waals surface area contributed by atoms with Crippen molar-refractivity contribution in [3.8, 4) is 0 Å². The number of aryl methyl sites for hydroxylation is 3. The molecule has 0 aliphatic heterocycles. The van der Waals surface area contributed by atoms with Gasteiger partial charge in [0.2, 0.25) is 0 Å². The number of hydrogen-bond donors (Lipinski definition) is 1. The zero-order valence-electron chi connectivity index (χ0n) is 15.1. The zero-order chi connectivity index (χ0) is 18.0. The van der Waals surface area contributed by atoms with Crippen molar-refractivity contribution in [2.45, 2.75) is 40.8 Å². The maximum atomic E-state index is 12.7. The minimum atomic E-state index is -0.159. The number of rotatable bonds is 5. The third-order valence-electron chi connectivity index (χ3n) is 4.23. The van der Waals surface area contributed by atoms with Crippen LogP contribution in [-0.2, 0) is 13.1 Å². The second-order valence-corrected chi connectivity index (χ2v) is 6.13. The van der Waals surface area contributed by atoms with Gasteiger partial charge in [-0.15, -0.1) is 0 Å². The molecule has 2 aromatic heterocycles. The molecule has 0 unspecified atom stereocenters. The molecule has 6 heteroatoms. The maximum Gasteiger partial charge on any atom is 0.274 e. The molecule has 0 spiro atoms. The van der Waals surface area contributed by atoms with Crippen LogP contribution in [-0.4, -0.2) is 25.5 Å². The quantitative estimate of drug-likeness (QED) is 0.777. The van der Waals surface area contributed by atoms with E-state index < -0.39 is 0 Å². The summed E-state index contributed by atoms with van der Waals surface area (Å²) in [5.41, 5.74) is 5.08. The van der Waals surface area contributed by atoms with Crippen molar-refractivity contribution in [1.82, 2.24) is 19.6 Å². The third kappa shape index (κ3) is 3.47. The fourth-order valence-electron chi connectivity index (χ4n) is 2.94. The average molecular weight is 337 g/mol. The van der Waals surface area contributed by atoms with Gasteiger partial charge in [-0.2, -0.15) is 10.2 Å². The molecule has 0 aliphatic carbocycles. The Morgan fingerprint density at radius 1 is 1.08 bits per heavy atom. The van der Waals surface area contributed by atoms with Gasteiger partial charge in [0.1, 0.15) is 5.69 Å². The van der Waals surface area contributed by atoms with E-state index in [-0.39, 0.29) is 5.91 Å². The van der Waals surface area contributed by atoms with E-state index in [0.717, 1.165) is 22.8 Å². The van der Waals surface area contributed by atoms with Crippen LogP contribution in [0.15, 0.2) is 36.4 Å². The van der Waals surface area contributed by atoms with Crippen LogP contribution in [0, 0.1) is 20.8 Å². The predicted molar refractivity (Wildman–Crippen MR) is 97.8 cm³/mol. The number of nitrogens with zero attached hydrogens (tertiary/aromatic N) is 4. The Balaban J connectivity index is 1.84. The summed E-state index contributed by atoms with van der Waals surface area (Å²) in [5.74, 6) is -0.159. The van der Waals surface area contributed by atoms with Crippen LogP contribution in [0.2, 0.25) is 0 Å². The summed E-state index contributed by atoms with van der Waals surface area (Å²) in [6, 6.07) is 12.0. The summed E-state index contributed by atoms with van der Waals surface area (Å²) in [7, 11) is 0. The van der Waals surface area contributed by atoms with Gasteiger partial charge in [0.25, 0.3) is 5.91 Å². The minimum absolute atomic E-state index is 0.159.